The van der Waals surface area contributed by atoms with E-state index in [1.54, 1.807) is 0 Å². The molecule has 0 radical (unpaired) electrons. The van der Waals surface area contributed by atoms with Gasteiger partial charge in [0.1, 0.15) is 6.61 Å². The molecular formula is C10H15ClN4O. The summed E-state index contributed by atoms with van der Waals surface area (Å²) >= 11 is 5.74. The molecule has 0 atom stereocenters. The maximum Gasteiger partial charge on any atom is 0.322 e. The third-order valence-electron chi connectivity index (χ3n) is 1.67. The van der Waals surface area contributed by atoms with Gasteiger partial charge in [-0.3, -0.25) is 0 Å². The van der Waals surface area contributed by atoms with Gasteiger partial charge in [-0.2, -0.15) is 15.0 Å². The van der Waals surface area contributed by atoms with Crippen LogP contribution >= 0.6 is 11.6 Å². The number of halogens is 1. The van der Waals surface area contributed by atoms with Gasteiger partial charge in [-0.15, -0.1) is 0 Å². The molecule has 0 spiro atoms. The van der Waals surface area contributed by atoms with Crippen LogP contribution in [0.15, 0.2) is 12.2 Å². The van der Waals surface area contributed by atoms with Crippen LogP contribution < -0.4 is 10.1 Å². The SMILES string of the molecule is C/C=C/COc1nc(Cl)nc(NCCC)n1. The first kappa shape index (κ1) is 12.7. The highest BCUT2D eigenvalue weighted by molar-refractivity contribution is 6.28. The summed E-state index contributed by atoms with van der Waals surface area (Å²) in [5.41, 5.74) is 0. The quantitative estimate of drug-likeness (QED) is 0.776. The molecule has 0 aromatic carbocycles. The summed E-state index contributed by atoms with van der Waals surface area (Å²) in [6, 6.07) is 0.233. The van der Waals surface area contributed by atoms with E-state index in [0.29, 0.717) is 12.6 Å². The Morgan fingerprint density at radius 1 is 1.38 bits per heavy atom. The van der Waals surface area contributed by atoms with Crippen molar-refractivity contribution in [3.05, 3.63) is 17.4 Å². The second-order valence-corrected chi connectivity index (χ2v) is 3.36. The fourth-order valence-electron chi connectivity index (χ4n) is 0.931. The van der Waals surface area contributed by atoms with Crippen molar-refractivity contribution in [2.24, 2.45) is 0 Å². The van der Waals surface area contributed by atoms with Crippen molar-refractivity contribution in [1.29, 1.82) is 0 Å². The fourth-order valence-corrected chi connectivity index (χ4v) is 1.08. The van der Waals surface area contributed by atoms with Gasteiger partial charge in [-0.25, -0.2) is 0 Å². The second kappa shape index (κ2) is 7.00. The molecule has 0 aliphatic rings. The average molecular weight is 243 g/mol. The van der Waals surface area contributed by atoms with Gasteiger partial charge in [-0.1, -0.05) is 19.1 Å². The van der Waals surface area contributed by atoms with E-state index in [9.17, 15) is 0 Å². The van der Waals surface area contributed by atoms with Crippen molar-refractivity contribution in [3.8, 4) is 6.01 Å². The predicted octanol–water partition coefficient (Wildman–Crippen LogP) is 2.30. The minimum Gasteiger partial charge on any atom is -0.459 e. The summed E-state index contributed by atoms with van der Waals surface area (Å²) in [6.45, 7) is 5.18. The number of ether oxygens (including phenoxy) is 1. The minimum atomic E-state index is 0.129. The number of hydrogen-bond donors (Lipinski definition) is 1. The first-order chi connectivity index (χ1) is 7.76. The third kappa shape index (κ3) is 4.44. The van der Waals surface area contributed by atoms with Gasteiger partial charge in [0.15, 0.2) is 0 Å². The topological polar surface area (TPSA) is 59.9 Å². The third-order valence-corrected chi connectivity index (χ3v) is 1.83. The van der Waals surface area contributed by atoms with E-state index < -0.39 is 0 Å². The number of rotatable bonds is 6. The average Bonchev–Trinajstić information content (AvgIpc) is 2.26. The lowest BCUT2D eigenvalue weighted by Gasteiger charge is -2.05. The van der Waals surface area contributed by atoms with Gasteiger partial charge in [0.2, 0.25) is 11.2 Å². The van der Waals surface area contributed by atoms with Gasteiger partial charge in [-0.05, 0) is 24.9 Å². The van der Waals surface area contributed by atoms with E-state index in [2.05, 4.69) is 27.2 Å². The maximum absolute atomic E-state index is 5.74. The molecule has 0 unspecified atom stereocenters. The van der Waals surface area contributed by atoms with Crippen molar-refractivity contribution in [2.75, 3.05) is 18.5 Å². The highest BCUT2D eigenvalue weighted by atomic mass is 35.5. The molecule has 88 valence electrons. The van der Waals surface area contributed by atoms with Gasteiger partial charge in [0.25, 0.3) is 0 Å². The Labute approximate surface area is 99.9 Å². The molecule has 16 heavy (non-hydrogen) atoms. The normalized spacial score (nSPS) is 10.7. The minimum absolute atomic E-state index is 0.129. The van der Waals surface area contributed by atoms with Crippen LogP contribution in [0.1, 0.15) is 20.3 Å². The molecular weight excluding hydrogens is 228 g/mol. The summed E-state index contributed by atoms with van der Waals surface area (Å²) < 4.78 is 5.27. The number of allylic oxidation sites excluding steroid dienone is 1. The molecule has 0 fully saturated rings. The van der Waals surface area contributed by atoms with Crippen molar-refractivity contribution in [2.45, 2.75) is 20.3 Å². The number of anilines is 1. The predicted molar refractivity (Wildman–Crippen MR) is 63.9 cm³/mol. The van der Waals surface area contributed by atoms with Gasteiger partial charge in [0.05, 0.1) is 0 Å². The molecule has 0 aliphatic carbocycles. The van der Waals surface area contributed by atoms with E-state index in [-0.39, 0.29) is 11.3 Å². The standard InChI is InChI=1S/C10H15ClN4O/c1-3-5-7-16-10-14-8(11)13-9(15-10)12-6-4-2/h3,5H,4,6-7H2,1-2H3,(H,12,13,14,15)/b5-3+. The fraction of sp³-hybridized carbons (Fsp3) is 0.500. The summed E-state index contributed by atoms with van der Waals surface area (Å²) in [5.74, 6) is 0.442. The van der Waals surface area contributed by atoms with Gasteiger partial charge >= 0.3 is 6.01 Å². The van der Waals surface area contributed by atoms with Gasteiger partial charge in [0, 0.05) is 6.54 Å². The van der Waals surface area contributed by atoms with Crippen LogP contribution in [0, 0.1) is 0 Å². The molecule has 5 nitrogen and oxygen atoms in total. The Kier molecular flexibility index (Phi) is 5.56. The van der Waals surface area contributed by atoms with Crippen molar-refractivity contribution >= 4 is 17.5 Å². The van der Waals surface area contributed by atoms with Crippen LogP contribution in [0.4, 0.5) is 5.95 Å². The van der Waals surface area contributed by atoms with Crippen molar-refractivity contribution in [3.63, 3.8) is 0 Å². The zero-order chi connectivity index (χ0) is 11.8. The summed E-state index contributed by atoms with van der Waals surface area (Å²) in [4.78, 5) is 11.9. The van der Waals surface area contributed by atoms with E-state index in [0.717, 1.165) is 13.0 Å². The molecule has 0 saturated carbocycles. The molecule has 1 aromatic heterocycles. The smallest absolute Gasteiger partial charge is 0.322 e. The Morgan fingerprint density at radius 2 is 2.19 bits per heavy atom. The Balaban J connectivity index is 2.65. The first-order valence-corrected chi connectivity index (χ1v) is 5.53. The van der Waals surface area contributed by atoms with Crippen molar-refractivity contribution in [1.82, 2.24) is 15.0 Å². The van der Waals surface area contributed by atoms with E-state index in [1.807, 2.05) is 19.1 Å². The highest BCUT2D eigenvalue weighted by Gasteiger charge is 2.04. The highest BCUT2D eigenvalue weighted by Crippen LogP contribution is 2.11. The first-order valence-electron chi connectivity index (χ1n) is 5.15. The second-order valence-electron chi connectivity index (χ2n) is 3.02. The zero-order valence-electron chi connectivity index (χ0n) is 9.40. The van der Waals surface area contributed by atoms with Crippen molar-refractivity contribution < 1.29 is 4.74 Å². The lowest BCUT2D eigenvalue weighted by Crippen LogP contribution is -2.07. The Hall–Kier alpha value is -1.36. The maximum atomic E-state index is 5.74. The van der Waals surface area contributed by atoms with Crippen LogP contribution in [0.3, 0.4) is 0 Å². The Bertz CT molecular complexity index is 357. The van der Waals surface area contributed by atoms with Crippen LogP contribution in [0.5, 0.6) is 6.01 Å². The van der Waals surface area contributed by atoms with Gasteiger partial charge < -0.3 is 10.1 Å². The molecule has 0 saturated heterocycles. The van der Waals surface area contributed by atoms with Crippen LogP contribution in [-0.2, 0) is 0 Å². The molecule has 0 aliphatic heterocycles. The molecule has 0 amide bonds. The zero-order valence-corrected chi connectivity index (χ0v) is 10.2. The lowest BCUT2D eigenvalue weighted by molar-refractivity contribution is 0.332. The largest absolute Gasteiger partial charge is 0.459 e. The van der Waals surface area contributed by atoms with E-state index in [4.69, 9.17) is 16.3 Å². The number of aromatic nitrogens is 3. The van der Waals surface area contributed by atoms with E-state index >= 15 is 0 Å². The van der Waals surface area contributed by atoms with Crippen LogP contribution in [-0.4, -0.2) is 28.1 Å². The number of nitrogens with one attached hydrogen (secondary N) is 1. The van der Waals surface area contributed by atoms with Crippen LogP contribution in [0.25, 0.3) is 0 Å². The molecule has 1 aromatic rings. The molecule has 1 N–H and O–H groups in total. The Morgan fingerprint density at radius 3 is 2.88 bits per heavy atom. The van der Waals surface area contributed by atoms with E-state index in [1.165, 1.54) is 0 Å². The van der Waals surface area contributed by atoms with Crippen LogP contribution in [0.2, 0.25) is 5.28 Å². The molecule has 1 rings (SSSR count). The molecule has 6 heteroatoms. The molecule has 0 bridgehead atoms. The summed E-state index contributed by atoms with van der Waals surface area (Å²) in [6.07, 6.45) is 4.73. The number of hydrogen-bond acceptors (Lipinski definition) is 5. The lowest BCUT2D eigenvalue weighted by atomic mass is 10.5. The number of nitrogens with zero attached hydrogens (tertiary/aromatic N) is 3. The summed E-state index contributed by atoms with van der Waals surface area (Å²) in [5, 5.41) is 3.15. The molecule has 1 heterocycles. The monoisotopic (exact) mass is 242 g/mol. The summed E-state index contributed by atoms with van der Waals surface area (Å²) in [7, 11) is 0.